The highest BCUT2D eigenvalue weighted by Crippen LogP contribution is 1.94. The predicted octanol–water partition coefficient (Wildman–Crippen LogP) is 1.16. The summed E-state index contributed by atoms with van der Waals surface area (Å²) < 4.78 is 11.4. The molecule has 0 bridgehead atoms. The van der Waals surface area contributed by atoms with Crippen LogP contribution in [-0.2, 0) is 8.85 Å². The first kappa shape index (κ1) is 13.1. The van der Waals surface area contributed by atoms with Crippen LogP contribution in [0.5, 0.6) is 0 Å². The van der Waals surface area contributed by atoms with Crippen LogP contribution >= 0.6 is 0 Å². The van der Waals surface area contributed by atoms with E-state index in [1.165, 1.54) is 0 Å². The lowest BCUT2D eigenvalue weighted by Gasteiger charge is -2.19. The van der Waals surface area contributed by atoms with Gasteiger partial charge in [0, 0.05) is 19.4 Å². The molecule has 0 saturated heterocycles. The number of hydrogen-bond acceptors (Lipinski definition) is 3. The van der Waals surface area contributed by atoms with Gasteiger partial charge in [-0.2, -0.15) is 0 Å². The fraction of sp³-hybridized carbons (Fsp3) is 1.00. The van der Waals surface area contributed by atoms with Crippen molar-refractivity contribution < 1.29 is 8.85 Å². The molecule has 0 saturated carbocycles. The van der Waals surface area contributed by atoms with Gasteiger partial charge in [-0.25, -0.2) is 0 Å². The molecular weight excluding hydrogens is 182 g/mol. The first-order valence-electron chi connectivity index (χ1n) is 5.08. The lowest BCUT2D eigenvalue weighted by molar-refractivity contribution is 0.185. The molecule has 0 heterocycles. The smallest absolute Gasteiger partial charge is 0.335 e. The van der Waals surface area contributed by atoms with Crippen molar-refractivity contribution in [3.63, 3.8) is 0 Å². The third-order valence-corrected chi connectivity index (χ3v) is 3.77. The van der Waals surface area contributed by atoms with Gasteiger partial charge in [0.25, 0.3) is 0 Å². The molecule has 0 spiro atoms. The Morgan fingerprint density at radius 2 is 1.46 bits per heavy atom. The van der Waals surface area contributed by atoms with Crippen LogP contribution in [0.4, 0.5) is 0 Å². The Labute approximate surface area is 83.9 Å². The van der Waals surface area contributed by atoms with Crippen molar-refractivity contribution in [1.29, 1.82) is 0 Å². The minimum Gasteiger partial charge on any atom is -0.396 e. The van der Waals surface area contributed by atoms with Crippen LogP contribution in [0, 0.1) is 0 Å². The number of hydrogen-bond donors (Lipinski definition) is 0. The summed E-state index contributed by atoms with van der Waals surface area (Å²) in [6.07, 6.45) is 3.12. The highest BCUT2D eigenvalue weighted by atomic mass is 28.3. The first-order valence-corrected chi connectivity index (χ1v) is 6.84. The van der Waals surface area contributed by atoms with Gasteiger partial charge in [-0.3, -0.25) is 0 Å². The summed E-state index contributed by atoms with van der Waals surface area (Å²) in [4.78, 5) is 2.14. The van der Waals surface area contributed by atoms with Crippen molar-refractivity contribution in [2.75, 3.05) is 33.5 Å². The molecule has 0 radical (unpaired) electrons. The topological polar surface area (TPSA) is 21.7 Å². The van der Waals surface area contributed by atoms with E-state index in [9.17, 15) is 0 Å². The van der Waals surface area contributed by atoms with Crippen LogP contribution in [-0.4, -0.2) is 47.7 Å². The van der Waals surface area contributed by atoms with Crippen molar-refractivity contribution in [2.45, 2.75) is 26.7 Å². The minimum atomic E-state index is -1.40. The Hall–Kier alpha value is 0.0969. The maximum Gasteiger partial charge on any atom is 0.335 e. The maximum atomic E-state index is 5.68. The van der Waals surface area contributed by atoms with E-state index in [4.69, 9.17) is 8.85 Å². The van der Waals surface area contributed by atoms with Gasteiger partial charge in [0.1, 0.15) is 0 Å². The van der Waals surface area contributed by atoms with Crippen molar-refractivity contribution >= 4 is 9.28 Å². The van der Waals surface area contributed by atoms with Crippen molar-refractivity contribution in [2.24, 2.45) is 0 Å². The summed E-state index contributed by atoms with van der Waals surface area (Å²) >= 11 is 0. The molecule has 0 unspecified atom stereocenters. The molecule has 0 aliphatic heterocycles. The van der Waals surface area contributed by atoms with Crippen LogP contribution in [0.3, 0.4) is 0 Å². The molecule has 0 fully saturated rings. The molecule has 0 atom stereocenters. The third kappa shape index (κ3) is 8.43. The number of nitrogens with zero attached hydrogens (tertiary/aromatic N) is 1. The van der Waals surface area contributed by atoms with E-state index in [1.54, 1.807) is 0 Å². The normalized spacial score (nSPS) is 11.5. The second-order valence-corrected chi connectivity index (χ2v) is 5.32. The average Bonchev–Trinajstić information content (AvgIpc) is 2.09. The summed E-state index contributed by atoms with van der Waals surface area (Å²) in [5.41, 5.74) is 0. The van der Waals surface area contributed by atoms with Gasteiger partial charge in [-0.1, -0.05) is 13.8 Å². The average molecular weight is 205 g/mol. The zero-order chi connectivity index (χ0) is 10.1. The zero-order valence-electron chi connectivity index (χ0n) is 9.38. The van der Waals surface area contributed by atoms with Crippen LogP contribution in [0.1, 0.15) is 26.7 Å². The van der Waals surface area contributed by atoms with E-state index in [1.807, 2.05) is 0 Å². The van der Waals surface area contributed by atoms with E-state index in [0.29, 0.717) is 0 Å². The molecule has 0 rings (SSSR count). The Bertz CT molecular complexity index is 104. The molecule has 0 aliphatic carbocycles. The molecule has 0 aromatic rings. The van der Waals surface area contributed by atoms with Gasteiger partial charge in [-0.05, 0) is 26.9 Å². The van der Waals surface area contributed by atoms with Gasteiger partial charge in [-0.15, -0.1) is 0 Å². The summed E-state index contributed by atoms with van der Waals surface area (Å²) in [7, 11) is 2.72. The van der Waals surface area contributed by atoms with Gasteiger partial charge in [0.2, 0.25) is 0 Å². The highest BCUT2D eigenvalue weighted by Gasteiger charge is 2.13. The van der Waals surface area contributed by atoms with Crippen LogP contribution in [0.15, 0.2) is 0 Å². The lowest BCUT2D eigenvalue weighted by atomic mass is 10.5. The predicted molar refractivity (Wildman–Crippen MR) is 58.2 cm³/mol. The van der Waals surface area contributed by atoms with Crippen molar-refractivity contribution in [1.82, 2.24) is 4.90 Å². The summed E-state index contributed by atoms with van der Waals surface area (Å²) in [6, 6.07) is 0. The lowest BCUT2D eigenvalue weighted by Crippen LogP contribution is -2.36. The van der Waals surface area contributed by atoms with Gasteiger partial charge in [0.15, 0.2) is 0 Å². The second kappa shape index (κ2) is 8.68. The molecule has 0 aromatic carbocycles. The van der Waals surface area contributed by atoms with Gasteiger partial charge < -0.3 is 13.8 Å². The highest BCUT2D eigenvalue weighted by molar-refractivity contribution is 6.44. The fourth-order valence-electron chi connectivity index (χ4n) is 0.950. The summed E-state index contributed by atoms with van der Waals surface area (Å²) in [6.45, 7) is 5.94. The molecule has 4 heteroatoms. The van der Waals surface area contributed by atoms with Crippen LogP contribution in [0.25, 0.3) is 0 Å². The Morgan fingerprint density at radius 3 is 1.77 bits per heavy atom. The van der Waals surface area contributed by atoms with Gasteiger partial charge >= 0.3 is 9.28 Å². The largest absolute Gasteiger partial charge is 0.396 e. The molecular formula is C9H23NO2Si. The first-order chi connectivity index (χ1) is 6.20. The molecule has 80 valence electrons. The quantitative estimate of drug-likeness (QED) is 0.555. The van der Waals surface area contributed by atoms with E-state index >= 15 is 0 Å². The van der Waals surface area contributed by atoms with Gasteiger partial charge in [0.05, 0.1) is 0 Å². The molecule has 0 aromatic heterocycles. The molecule has 0 N–H and O–H groups in total. The molecule has 13 heavy (non-hydrogen) atoms. The fourth-order valence-corrected chi connectivity index (χ4v) is 2.85. The zero-order valence-corrected chi connectivity index (χ0v) is 10.5. The van der Waals surface area contributed by atoms with E-state index in [-0.39, 0.29) is 0 Å². The van der Waals surface area contributed by atoms with Crippen molar-refractivity contribution in [3.05, 3.63) is 0 Å². The Kier molecular flexibility index (Phi) is 8.75. The standard InChI is InChI=1S/C9H23NO2Si/c1-5-7-11-13(9-10(3)4)12-8-6-2/h13H,5-9H2,1-4H3. The third-order valence-electron chi connectivity index (χ3n) is 1.53. The monoisotopic (exact) mass is 205 g/mol. The molecule has 0 amide bonds. The van der Waals surface area contributed by atoms with Crippen LogP contribution < -0.4 is 0 Å². The SMILES string of the molecule is CCCO[SiH](CN(C)C)OCCC. The Morgan fingerprint density at radius 1 is 1.00 bits per heavy atom. The van der Waals surface area contributed by atoms with Crippen molar-refractivity contribution in [3.8, 4) is 0 Å². The summed E-state index contributed by atoms with van der Waals surface area (Å²) in [5, 5.41) is 0. The van der Waals surface area contributed by atoms with E-state index in [0.717, 1.165) is 32.2 Å². The maximum absolute atomic E-state index is 5.68. The molecule has 3 nitrogen and oxygen atoms in total. The minimum absolute atomic E-state index is 0.842. The van der Waals surface area contributed by atoms with E-state index in [2.05, 4.69) is 32.8 Å². The summed E-state index contributed by atoms with van der Waals surface area (Å²) in [5.74, 6) is 0. The molecule has 0 aliphatic rings. The number of rotatable bonds is 8. The Balaban J connectivity index is 3.60. The van der Waals surface area contributed by atoms with Crippen LogP contribution in [0.2, 0.25) is 0 Å². The second-order valence-electron chi connectivity index (χ2n) is 3.43. The van der Waals surface area contributed by atoms with E-state index < -0.39 is 9.28 Å².